The number of esters is 1. The third kappa shape index (κ3) is 2.90. The van der Waals surface area contributed by atoms with Gasteiger partial charge in [-0.25, -0.2) is 9.78 Å². The molecule has 0 amide bonds. The van der Waals surface area contributed by atoms with Gasteiger partial charge in [0.1, 0.15) is 5.82 Å². The van der Waals surface area contributed by atoms with Gasteiger partial charge in [0.15, 0.2) is 0 Å². The molecular formula is C8H9N3O2. The minimum absolute atomic E-state index is 0.343. The average Bonchev–Trinajstić information content (AvgIpc) is 2.16. The van der Waals surface area contributed by atoms with E-state index in [2.05, 4.69) is 14.7 Å². The first-order valence-electron chi connectivity index (χ1n) is 3.56. The fourth-order valence-electron chi connectivity index (χ4n) is 0.656. The highest BCUT2D eigenvalue weighted by Gasteiger charge is 1.93. The number of hydrogen-bond acceptors (Lipinski definition) is 5. The number of anilines is 1. The molecule has 68 valence electrons. The number of methoxy groups -OCH3 is 1. The monoisotopic (exact) mass is 179 g/mol. The minimum Gasteiger partial charge on any atom is -0.466 e. The molecular weight excluding hydrogens is 170 g/mol. The second-order valence-electron chi connectivity index (χ2n) is 2.22. The Morgan fingerprint density at radius 2 is 2.31 bits per heavy atom. The number of carbonyl (C=O) groups excluding carboxylic acids is 1. The van der Waals surface area contributed by atoms with E-state index in [1.54, 1.807) is 0 Å². The van der Waals surface area contributed by atoms with Crippen LogP contribution in [0.4, 0.5) is 5.82 Å². The Hall–Kier alpha value is -1.91. The third-order valence-electron chi connectivity index (χ3n) is 1.28. The quantitative estimate of drug-likeness (QED) is 0.520. The van der Waals surface area contributed by atoms with Crippen LogP contribution < -0.4 is 5.73 Å². The van der Waals surface area contributed by atoms with Crippen molar-refractivity contribution < 1.29 is 9.53 Å². The fraction of sp³-hybridized carbons (Fsp3) is 0.125. The highest BCUT2D eigenvalue weighted by atomic mass is 16.5. The van der Waals surface area contributed by atoms with E-state index in [9.17, 15) is 4.79 Å². The second kappa shape index (κ2) is 4.20. The van der Waals surface area contributed by atoms with E-state index < -0.39 is 5.97 Å². The number of ether oxygens (including phenoxy) is 1. The molecule has 0 unspecified atom stereocenters. The number of hydrogen-bond donors (Lipinski definition) is 1. The molecule has 5 nitrogen and oxygen atoms in total. The molecule has 0 bridgehead atoms. The number of rotatable bonds is 2. The van der Waals surface area contributed by atoms with Gasteiger partial charge in [0.2, 0.25) is 0 Å². The molecule has 0 saturated heterocycles. The smallest absolute Gasteiger partial charge is 0.330 e. The standard InChI is InChI=1S/C8H9N3O2/c1-13-8(12)3-2-6-4-11-7(9)5-10-6/h2-5H,1H3,(H2,9,11). The topological polar surface area (TPSA) is 78.1 Å². The molecule has 0 saturated carbocycles. The minimum atomic E-state index is -0.432. The maximum atomic E-state index is 10.7. The highest BCUT2D eigenvalue weighted by molar-refractivity contribution is 5.86. The molecule has 0 aliphatic heterocycles. The van der Waals surface area contributed by atoms with Crippen LogP contribution in [0, 0.1) is 0 Å². The van der Waals surface area contributed by atoms with Gasteiger partial charge in [0.05, 0.1) is 25.2 Å². The normalized spacial score (nSPS) is 10.2. The van der Waals surface area contributed by atoms with Gasteiger partial charge < -0.3 is 10.5 Å². The molecule has 0 fully saturated rings. The maximum absolute atomic E-state index is 10.7. The van der Waals surface area contributed by atoms with E-state index in [0.29, 0.717) is 11.5 Å². The van der Waals surface area contributed by atoms with E-state index in [4.69, 9.17) is 5.73 Å². The summed E-state index contributed by atoms with van der Waals surface area (Å²) >= 11 is 0. The Morgan fingerprint density at radius 3 is 2.85 bits per heavy atom. The number of nitrogens with zero attached hydrogens (tertiary/aromatic N) is 2. The largest absolute Gasteiger partial charge is 0.466 e. The van der Waals surface area contributed by atoms with Crippen molar-refractivity contribution in [1.29, 1.82) is 0 Å². The summed E-state index contributed by atoms with van der Waals surface area (Å²) in [5.41, 5.74) is 5.87. The molecule has 13 heavy (non-hydrogen) atoms. The molecule has 1 aromatic heterocycles. The summed E-state index contributed by atoms with van der Waals surface area (Å²) in [6.07, 6.45) is 5.64. The van der Waals surface area contributed by atoms with Crippen molar-refractivity contribution >= 4 is 17.9 Å². The van der Waals surface area contributed by atoms with Gasteiger partial charge in [-0.2, -0.15) is 0 Å². The zero-order valence-corrected chi connectivity index (χ0v) is 7.10. The number of aromatic nitrogens is 2. The summed E-state index contributed by atoms with van der Waals surface area (Å²) in [5, 5.41) is 0. The van der Waals surface area contributed by atoms with Crippen molar-refractivity contribution in [3.63, 3.8) is 0 Å². The summed E-state index contributed by atoms with van der Waals surface area (Å²) in [5.74, 6) is -0.0890. The first-order chi connectivity index (χ1) is 6.22. The van der Waals surface area contributed by atoms with E-state index in [0.717, 1.165) is 0 Å². The molecule has 0 aliphatic rings. The first kappa shape index (κ1) is 9.18. The van der Waals surface area contributed by atoms with Gasteiger partial charge in [-0.15, -0.1) is 0 Å². The van der Waals surface area contributed by atoms with Crippen LogP contribution in [0.3, 0.4) is 0 Å². The lowest BCUT2D eigenvalue weighted by atomic mass is 10.4. The Labute approximate surface area is 75.3 Å². The number of nitrogen functional groups attached to an aromatic ring is 1. The van der Waals surface area contributed by atoms with Crippen molar-refractivity contribution in [3.8, 4) is 0 Å². The molecule has 1 heterocycles. The lowest BCUT2D eigenvalue weighted by molar-refractivity contribution is -0.134. The van der Waals surface area contributed by atoms with Crippen molar-refractivity contribution in [1.82, 2.24) is 9.97 Å². The van der Waals surface area contributed by atoms with Gasteiger partial charge in [0.25, 0.3) is 0 Å². The first-order valence-corrected chi connectivity index (χ1v) is 3.56. The van der Waals surface area contributed by atoms with Gasteiger partial charge in [-0.3, -0.25) is 4.98 Å². The molecule has 2 N–H and O–H groups in total. The molecule has 0 aliphatic carbocycles. The molecule has 1 rings (SSSR count). The lowest BCUT2D eigenvalue weighted by Gasteiger charge is -1.92. The summed E-state index contributed by atoms with van der Waals surface area (Å²) < 4.78 is 4.40. The maximum Gasteiger partial charge on any atom is 0.330 e. The van der Waals surface area contributed by atoms with Crippen molar-refractivity contribution in [3.05, 3.63) is 24.2 Å². The van der Waals surface area contributed by atoms with Crippen LogP contribution >= 0.6 is 0 Å². The number of carbonyl (C=O) groups is 1. The van der Waals surface area contributed by atoms with Crippen LogP contribution in [0.5, 0.6) is 0 Å². The Bertz CT molecular complexity index is 319. The van der Waals surface area contributed by atoms with E-state index >= 15 is 0 Å². The summed E-state index contributed by atoms with van der Waals surface area (Å²) in [6, 6.07) is 0. The molecule has 0 aromatic carbocycles. The molecule has 0 atom stereocenters. The van der Waals surface area contributed by atoms with E-state index in [1.807, 2.05) is 0 Å². The summed E-state index contributed by atoms with van der Waals surface area (Å²) in [4.78, 5) is 18.4. The average molecular weight is 179 g/mol. The molecule has 0 spiro atoms. The van der Waals surface area contributed by atoms with Gasteiger partial charge >= 0.3 is 5.97 Å². The zero-order valence-electron chi connectivity index (χ0n) is 7.10. The molecule has 0 radical (unpaired) electrons. The molecule has 5 heteroatoms. The van der Waals surface area contributed by atoms with Gasteiger partial charge in [0, 0.05) is 6.08 Å². The predicted molar refractivity (Wildman–Crippen MR) is 47.5 cm³/mol. The second-order valence-corrected chi connectivity index (χ2v) is 2.22. The fourth-order valence-corrected chi connectivity index (χ4v) is 0.656. The van der Waals surface area contributed by atoms with Crippen LogP contribution in [-0.4, -0.2) is 23.0 Å². The predicted octanol–water partition coefficient (Wildman–Crippen LogP) is 0.245. The SMILES string of the molecule is COC(=O)C=Cc1cnc(N)cn1. The lowest BCUT2D eigenvalue weighted by Crippen LogP contribution is -1.95. The summed E-state index contributed by atoms with van der Waals surface area (Å²) in [7, 11) is 1.31. The van der Waals surface area contributed by atoms with Crippen LogP contribution in [-0.2, 0) is 9.53 Å². The van der Waals surface area contributed by atoms with Crippen molar-refractivity contribution in [2.45, 2.75) is 0 Å². The zero-order chi connectivity index (χ0) is 9.68. The number of nitrogens with two attached hydrogens (primary N) is 1. The Kier molecular flexibility index (Phi) is 2.97. The van der Waals surface area contributed by atoms with Crippen LogP contribution in [0.15, 0.2) is 18.5 Å². The van der Waals surface area contributed by atoms with Crippen molar-refractivity contribution in [2.24, 2.45) is 0 Å². The summed E-state index contributed by atoms with van der Waals surface area (Å²) in [6.45, 7) is 0. The Morgan fingerprint density at radius 1 is 1.54 bits per heavy atom. The Balaban J connectivity index is 2.69. The van der Waals surface area contributed by atoms with E-state index in [1.165, 1.54) is 31.7 Å². The third-order valence-corrected chi connectivity index (χ3v) is 1.28. The van der Waals surface area contributed by atoms with Crippen molar-refractivity contribution in [2.75, 3.05) is 12.8 Å². The van der Waals surface area contributed by atoms with Gasteiger partial charge in [-0.05, 0) is 6.08 Å². The molecule has 1 aromatic rings. The van der Waals surface area contributed by atoms with Crippen LogP contribution in [0.25, 0.3) is 6.08 Å². The van der Waals surface area contributed by atoms with Crippen LogP contribution in [0.1, 0.15) is 5.69 Å². The highest BCUT2D eigenvalue weighted by Crippen LogP contribution is 1.98. The van der Waals surface area contributed by atoms with Crippen LogP contribution in [0.2, 0.25) is 0 Å². The van der Waals surface area contributed by atoms with E-state index in [-0.39, 0.29) is 0 Å². The van der Waals surface area contributed by atoms with Gasteiger partial charge in [-0.1, -0.05) is 0 Å².